The van der Waals surface area contributed by atoms with Gasteiger partial charge in [0.1, 0.15) is 17.2 Å². The number of benzene rings is 2. The number of phenolic OH excluding ortho intramolecular Hbond substituents is 1. The van der Waals surface area contributed by atoms with Crippen molar-refractivity contribution < 1.29 is 33.8 Å². The summed E-state index contributed by atoms with van der Waals surface area (Å²) in [5.41, 5.74) is 0.313. The third-order valence-electron chi connectivity index (χ3n) is 8.97. The van der Waals surface area contributed by atoms with Crippen LogP contribution in [0.1, 0.15) is 31.2 Å². The summed E-state index contributed by atoms with van der Waals surface area (Å²) in [4.78, 5) is 55.0. The number of phenols is 1. The lowest BCUT2D eigenvalue weighted by molar-refractivity contribution is -0.131. The number of hydrogen-bond donors (Lipinski definition) is 2. The van der Waals surface area contributed by atoms with E-state index in [1.807, 2.05) is 12.1 Å². The van der Waals surface area contributed by atoms with Crippen molar-refractivity contribution >= 4 is 29.3 Å². The van der Waals surface area contributed by atoms with Crippen molar-refractivity contribution in [1.29, 1.82) is 0 Å². The first-order valence-electron chi connectivity index (χ1n) is 12.6. The number of anilines is 1. The van der Waals surface area contributed by atoms with Crippen LogP contribution in [0.15, 0.2) is 54.1 Å². The smallest absolute Gasteiger partial charge is 0.241 e. The second-order valence-corrected chi connectivity index (χ2v) is 10.6. The number of methoxy groups -OCH3 is 2. The zero-order valence-electron chi connectivity index (χ0n) is 21.3. The minimum Gasteiger partial charge on any atom is -0.507 e. The maximum Gasteiger partial charge on any atom is 0.241 e. The van der Waals surface area contributed by atoms with Crippen LogP contribution >= 0.6 is 0 Å². The first kappa shape index (κ1) is 24.2. The van der Waals surface area contributed by atoms with Gasteiger partial charge in [0.15, 0.2) is 0 Å². The fraction of sp³-hybridized carbons (Fsp3) is 0.379. The van der Waals surface area contributed by atoms with E-state index < -0.39 is 35.0 Å². The molecule has 0 bridgehead atoms. The number of nitrogens with zero attached hydrogens (tertiary/aromatic N) is 1. The number of imide groups is 2. The van der Waals surface area contributed by atoms with Crippen LogP contribution in [0.4, 0.5) is 5.69 Å². The lowest BCUT2D eigenvalue weighted by Gasteiger charge is -2.49. The molecular weight excluding hydrogens is 488 g/mol. The van der Waals surface area contributed by atoms with Gasteiger partial charge in [-0.05, 0) is 37.8 Å². The number of para-hydroxylation sites is 1. The summed E-state index contributed by atoms with van der Waals surface area (Å²) >= 11 is 0. The molecule has 38 heavy (non-hydrogen) atoms. The third-order valence-corrected chi connectivity index (χ3v) is 8.97. The van der Waals surface area contributed by atoms with Crippen molar-refractivity contribution in [2.75, 3.05) is 19.1 Å². The Kier molecular flexibility index (Phi) is 5.38. The van der Waals surface area contributed by atoms with E-state index >= 15 is 0 Å². The lowest BCUT2D eigenvalue weighted by atomic mass is 9.51. The monoisotopic (exact) mass is 516 g/mol. The van der Waals surface area contributed by atoms with Crippen molar-refractivity contribution in [2.45, 2.75) is 25.7 Å². The number of hydrogen-bond acceptors (Lipinski definition) is 7. The molecule has 4 aliphatic rings. The van der Waals surface area contributed by atoms with E-state index in [-0.39, 0.29) is 35.8 Å². The van der Waals surface area contributed by atoms with Gasteiger partial charge < -0.3 is 14.6 Å². The average molecular weight is 517 g/mol. The molecule has 2 saturated heterocycles. The summed E-state index contributed by atoms with van der Waals surface area (Å²) in [6.45, 7) is 1.76. The number of ether oxygens (including phenoxy) is 2. The Bertz CT molecular complexity index is 1420. The third kappa shape index (κ3) is 3.10. The van der Waals surface area contributed by atoms with E-state index in [1.165, 1.54) is 25.2 Å². The van der Waals surface area contributed by atoms with Crippen molar-refractivity contribution in [2.24, 2.45) is 29.1 Å². The highest BCUT2D eigenvalue weighted by Gasteiger charge is 2.67. The molecule has 0 radical (unpaired) electrons. The van der Waals surface area contributed by atoms with Gasteiger partial charge in [0, 0.05) is 23.6 Å². The van der Waals surface area contributed by atoms with Gasteiger partial charge in [0.2, 0.25) is 23.6 Å². The highest BCUT2D eigenvalue weighted by molar-refractivity contribution is 6.24. The predicted molar refractivity (Wildman–Crippen MR) is 135 cm³/mol. The number of nitrogens with one attached hydrogen (secondary N) is 1. The van der Waals surface area contributed by atoms with Gasteiger partial charge in [0.25, 0.3) is 0 Å². The van der Waals surface area contributed by atoms with Crippen LogP contribution in [0.3, 0.4) is 0 Å². The average Bonchev–Trinajstić information content (AvgIpc) is 3.31. The second kappa shape index (κ2) is 8.44. The van der Waals surface area contributed by atoms with E-state index in [4.69, 9.17) is 9.47 Å². The second-order valence-electron chi connectivity index (χ2n) is 10.6. The zero-order valence-corrected chi connectivity index (χ0v) is 21.3. The van der Waals surface area contributed by atoms with E-state index in [0.29, 0.717) is 29.2 Å². The van der Waals surface area contributed by atoms with Crippen molar-refractivity contribution in [3.63, 3.8) is 0 Å². The lowest BCUT2D eigenvalue weighted by Crippen LogP contribution is -2.49. The fourth-order valence-corrected chi connectivity index (χ4v) is 7.22. The van der Waals surface area contributed by atoms with Gasteiger partial charge >= 0.3 is 0 Å². The maximum atomic E-state index is 14.3. The molecule has 2 aromatic carbocycles. The first-order valence-corrected chi connectivity index (χ1v) is 12.6. The van der Waals surface area contributed by atoms with Gasteiger partial charge in [0.05, 0.1) is 43.1 Å². The molecule has 6 unspecified atom stereocenters. The number of carbonyl (C=O) groups is 4. The number of aromatic hydroxyl groups is 1. The standard InChI is InChI=1S/C29H28N2O7/c1-29-19(27(35)31(28(29)36)14-7-5-4-6-8-14)13-18-16(9-10-17-22(18)26(34)30-25(17)33)24(29)23-20(32)11-15(37-2)12-21(23)38-3/h4-9,11-12,17-19,22,24,32H,10,13H2,1-3H3,(H,30,33,34). The minimum atomic E-state index is -1.28. The minimum absolute atomic E-state index is 0.139. The molecule has 0 aromatic heterocycles. The van der Waals surface area contributed by atoms with Crippen LogP contribution in [0.5, 0.6) is 17.2 Å². The summed E-state index contributed by atoms with van der Waals surface area (Å²) in [6.07, 6.45) is 2.49. The number of amides is 4. The largest absolute Gasteiger partial charge is 0.507 e. The molecule has 2 aliphatic heterocycles. The molecule has 2 N–H and O–H groups in total. The Balaban J connectivity index is 1.59. The highest BCUT2D eigenvalue weighted by Crippen LogP contribution is 2.65. The Morgan fingerprint density at radius 3 is 2.42 bits per heavy atom. The molecule has 2 aliphatic carbocycles. The van der Waals surface area contributed by atoms with E-state index in [2.05, 4.69) is 5.32 Å². The number of allylic oxidation sites excluding steroid dienone is 2. The normalized spacial score (nSPS) is 31.8. The van der Waals surface area contributed by atoms with Crippen LogP contribution < -0.4 is 19.7 Å². The Labute approximate surface area is 219 Å². The zero-order chi connectivity index (χ0) is 26.9. The summed E-state index contributed by atoms with van der Waals surface area (Å²) < 4.78 is 11.0. The quantitative estimate of drug-likeness (QED) is 0.473. The van der Waals surface area contributed by atoms with Crippen LogP contribution in [0, 0.1) is 29.1 Å². The fourth-order valence-electron chi connectivity index (χ4n) is 7.22. The molecule has 0 spiro atoms. The van der Waals surface area contributed by atoms with Crippen LogP contribution in [0.2, 0.25) is 0 Å². The first-order chi connectivity index (χ1) is 18.2. The topological polar surface area (TPSA) is 122 Å². The van der Waals surface area contributed by atoms with E-state index in [9.17, 15) is 24.3 Å². The molecule has 9 nitrogen and oxygen atoms in total. The number of fused-ring (bicyclic) bond motifs is 4. The Morgan fingerprint density at radius 2 is 1.74 bits per heavy atom. The summed E-state index contributed by atoms with van der Waals surface area (Å²) in [7, 11) is 2.93. The highest BCUT2D eigenvalue weighted by atomic mass is 16.5. The summed E-state index contributed by atoms with van der Waals surface area (Å²) in [5.74, 6) is -4.05. The van der Waals surface area contributed by atoms with Crippen LogP contribution in [-0.2, 0) is 19.2 Å². The van der Waals surface area contributed by atoms with E-state index in [1.54, 1.807) is 37.3 Å². The summed E-state index contributed by atoms with van der Waals surface area (Å²) in [5, 5.41) is 13.8. The van der Waals surface area contributed by atoms with Gasteiger partial charge in [-0.25, -0.2) is 4.90 Å². The number of rotatable bonds is 4. The molecule has 1 saturated carbocycles. The molecule has 2 aromatic rings. The number of carbonyl (C=O) groups excluding carboxylic acids is 4. The molecular formula is C29H28N2O7. The molecule has 4 amide bonds. The van der Waals surface area contributed by atoms with Crippen molar-refractivity contribution in [3.8, 4) is 17.2 Å². The molecule has 196 valence electrons. The van der Waals surface area contributed by atoms with Crippen molar-refractivity contribution in [3.05, 3.63) is 59.7 Å². The Hall–Kier alpha value is -4.14. The predicted octanol–water partition coefficient (Wildman–Crippen LogP) is 2.93. The molecule has 6 atom stereocenters. The SMILES string of the molecule is COc1cc(O)c(C2C3=CCC4C(=O)NC(=O)C4C3CC3C(=O)N(c4ccccc4)C(=O)C32C)c(OC)c1. The van der Waals surface area contributed by atoms with Gasteiger partial charge in [-0.1, -0.05) is 29.8 Å². The van der Waals surface area contributed by atoms with Gasteiger partial charge in [-0.15, -0.1) is 0 Å². The van der Waals surface area contributed by atoms with Gasteiger partial charge in [-0.2, -0.15) is 0 Å². The van der Waals surface area contributed by atoms with Crippen LogP contribution in [-0.4, -0.2) is 43.0 Å². The van der Waals surface area contributed by atoms with Crippen LogP contribution in [0.25, 0.3) is 0 Å². The molecule has 3 fully saturated rings. The maximum absolute atomic E-state index is 14.3. The molecule has 6 rings (SSSR count). The van der Waals surface area contributed by atoms with E-state index in [0.717, 1.165) is 5.57 Å². The Morgan fingerprint density at radius 1 is 1.00 bits per heavy atom. The van der Waals surface area contributed by atoms with Crippen molar-refractivity contribution in [1.82, 2.24) is 5.32 Å². The summed E-state index contributed by atoms with van der Waals surface area (Å²) in [6, 6.07) is 11.8. The molecule has 9 heteroatoms. The molecule has 2 heterocycles. The van der Waals surface area contributed by atoms with Gasteiger partial charge in [-0.3, -0.25) is 24.5 Å².